The van der Waals surface area contributed by atoms with E-state index in [1.54, 1.807) is 36.1 Å². The number of hydrogen-bond acceptors (Lipinski definition) is 3. The zero-order valence-corrected chi connectivity index (χ0v) is 13.2. The average Bonchev–Trinajstić information content (AvgIpc) is 2.48. The monoisotopic (exact) mass is 325 g/mol. The topological polar surface area (TPSA) is 70.7 Å². The molecule has 0 spiro atoms. The van der Waals surface area contributed by atoms with E-state index in [2.05, 4.69) is 10.6 Å². The zero-order valence-electron chi connectivity index (χ0n) is 12.5. The van der Waals surface area contributed by atoms with Crippen molar-refractivity contribution in [2.45, 2.75) is 25.8 Å². The number of anilines is 1. The van der Waals surface area contributed by atoms with E-state index in [1.807, 2.05) is 0 Å². The van der Waals surface area contributed by atoms with Gasteiger partial charge < -0.3 is 20.3 Å². The van der Waals surface area contributed by atoms with Crippen LogP contribution in [0.3, 0.4) is 0 Å². The van der Waals surface area contributed by atoms with Gasteiger partial charge in [0.05, 0.1) is 6.61 Å². The summed E-state index contributed by atoms with van der Waals surface area (Å²) in [7, 11) is 0. The number of rotatable bonds is 3. The van der Waals surface area contributed by atoms with Crippen molar-refractivity contribution in [3.63, 3.8) is 0 Å². The highest BCUT2D eigenvalue weighted by Crippen LogP contribution is 2.15. The standard InChI is InChI=1S/C15H20ClN3O3/c1-2-22-15(21)19-8-6-12(7-9-19)17-14(20)18-13-5-3-4-11(16)10-13/h3-5,10,12H,2,6-9H2,1H3,(H2,17,18,20). The largest absolute Gasteiger partial charge is 0.450 e. The highest BCUT2D eigenvalue weighted by Gasteiger charge is 2.24. The minimum atomic E-state index is -0.288. The Labute approximate surface area is 134 Å². The van der Waals surface area contributed by atoms with Crippen molar-refractivity contribution in [1.29, 1.82) is 0 Å². The SMILES string of the molecule is CCOC(=O)N1CCC(NC(=O)Nc2cccc(Cl)c2)CC1. The lowest BCUT2D eigenvalue weighted by Crippen LogP contribution is -2.47. The van der Waals surface area contributed by atoms with Crippen LogP contribution in [0.1, 0.15) is 19.8 Å². The van der Waals surface area contributed by atoms with Gasteiger partial charge in [-0.1, -0.05) is 17.7 Å². The first kappa shape index (κ1) is 16.4. The molecule has 7 heteroatoms. The lowest BCUT2D eigenvalue weighted by Gasteiger charge is -2.31. The fourth-order valence-electron chi connectivity index (χ4n) is 2.34. The molecule has 0 aliphatic carbocycles. The maximum absolute atomic E-state index is 11.9. The highest BCUT2D eigenvalue weighted by molar-refractivity contribution is 6.30. The van der Waals surface area contributed by atoms with Crippen LogP contribution in [0.5, 0.6) is 0 Å². The molecule has 3 amide bonds. The molecule has 0 unspecified atom stereocenters. The molecule has 0 bridgehead atoms. The lowest BCUT2D eigenvalue weighted by atomic mass is 10.1. The van der Waals surface area contributed by atoms with Gasteiger partial charge in [0.15, 0.2) is 0 Å². The van der Waals surface area contributed by atoms with Gasteiger partial charge in [0.25, 0.3) is 0 Å². The van der Waals surface area contributed by atoms with Crippen molar-refractivity contribution in [3.05, 3.63) is 29.3 Å². The smallest absolute Gasteiger partial charge is 0.409 e. The molecule has 0 radical (unpaired) electrons. The van der Waals surface area contributed by atoms with Gasteiger partial charge in [-0.3, -0.25) is 0 Å². The van der Waals surface area contributed by atoms with E-state index in [0.717, 1.165) is 0 Å². The Balaban J connectivity index is 1.76. The molecule has 1 aliphatic rings. The first-order valence-corrected chi connectivity index (χ1v) is 7.71. The van der Waals surface area contributed by atoms with Gasteiger partial charge >= 0.3 is 12.1 Å². The number of urea groups is 1. The maximum atomic E-state index is 11.9. The number of carbonyl (C=O) groups is 2. The predicted molar refractivity (Wildman–Crippen MR) is 85.2 cm³/mol. The molecule has 1 aromatic rings. The molecule has 1 saturated heterocycles. The second-order valence-corrected chi connectivity index (χ2v) is 5.51. The van der Waals surface area contributed by atoms with Crippen molar-refractivity contribution in [1.82, 2.24) is 10.2 Å². The van der Waals surface area contributed by atoms with E-state index in [9.17, 15) is 9.59 Å². The first-order valence-electron chi connectivity index (χ1n) is 7.33. The second-order valence-electron chi connectivity index (χ2n) is 5.07. The van der Waals surface area contributed by atoms with Crippen molar-refractivity contribution in [2.24, 2.45) is 0 Å². The molecule has 1 heterocycles. The zero-order chi connectivity index (χ0) is 15.9. The number of hydrogen-bond donors (Lipinski definition) is 2. The van der Waals surface area contributed by atoms with Gasteiger partial charge in [-0.05, 0) is 38.0 Å². The summed E-state index contributed by atoms with van der Waals surface area (Å²) in [4.78, 5) is 25.2. The summed E-state index contributed by atoms with van der Waals surface area (Å²) in [6, 6.07) is 6.76. The van der Waals surface area contributed by atoms with Crippen LogP contribution in [-0.4, -0.2) is 42.8 Å². The van der Waals surface area contributed by atoms with Gasteiger partial charge in [-0.25, -0.2) is 9.59 Å². The summed E-state index contributed by atoms with van der Waals surface area (Å²) in [5.74, 6) is 0. The van der Waals surface area contributed by atoms with Crippen LogP contribution < -0.4 is 10.6 Å². The Bertz CT molecular complexity index is 531. The van der Waals surface area contributed by atoms with Gasteiger partial charge in [0.2, 0.25) is 0 Å². The summed E-state index contributed by atoms with van der Waals surface area (Å²) in [6.07, 6.45) is 1.13. The molecule has 2 N–H and O–H groups in total. The van der Waals surface area contributed by atoms with E-state index >= 15 is 0 Å². The third-order valence-corrected chi connectivity index (χ3v) is 3.67. The van der Waals surface area contributed by atoms with E-state index in [1.165, 1.54) is 0 Å². The van der Waals surface area contributed by atoms with Gasteiger partial charge in [0.1, 0.15) is 0 Å². The van der Waals surface area contributed by atoms with Crippen LogP contribution in [0.4, 0.5) is 15.3 Å². The number of piperidine rings is 1. The van der Waals surface area contributed by atoms with Crippen LogP contribution in [0, 0.1) is 0 Å². The fourth-order valence-corrected chi connectivity index (χ4v) is 2.53. The Hall–Kier alpha value is -1.95. The molecular formula is C15H20ClN3O3. The van der Waals surface area contributed by atoms with Gasteiger partial charge in [-0.2, -0.15) is 0 Å². The van der Waals surface area contributed by atoms with Crippen molar-refractivity contribution in [2.75, 3.05) is 25.0 Å². The normalized spacial score (nSPS) is 15.3. The number of nitrogens with one attached hydrogen (secondary N) is 2. The Morgan fingerprint density at radius 2 is 2.09 bits per heavy atom. The van der Waals surface area contributed by atoms with Crippen molar-refractivity contribution < 1.29 is 14.3 Å². The van der Waals surface area contributed by atoms with Crippen LogP contribution in [0.25, 0.3) is 0 Å². The molecule has 22 heavy (non-hydrogen) atoms. The van der Waals surface area contributed by atoms with Gasteiger partial charge in [-0.15, -0.1) is 0 Å². The molecule has 1 aliphatic heterocycles. The number of carbonyl (C=O) groups excluding carboxylic acids is 2. The number of amides is 3. The molecular weight excluding hydrogens is 306 g/mol. The van der Waals surface area contributed by atoms with Crippen LogP contribution in [-0.2, 0) is 4.74 Å². The van der Waals surface area contributed by atoms with Gasteiger partial charge in [0, 0.05) is 29.8 Å². The van der Waals surface area contributed by atoms with Crippen LogP contribution in [0.2, 0.25) is 5.02 Å². The molecule has 6 nitrogen and oxygen atoms in total. The molecule has 2 rings (SSSR count). The Kier molecular flexibility index (Phi) is 5.89. The first-order chi connectivity index (χ1) is 10.6. The molecule has 0 aromatic heterocycles. The molecule has 0 saturated carbocycles. The third kappa shape index (κ3) is 4.80. The molecule has 0 atom stereocenters. The predicted octanol–water partition coefficient (Wildman–Crippen LogP) is 3.08. The fraction of sp³-hybridized carbons (Fsp3) is 0.467. The quantitative estimate of drug-likeness (QED) is 0.897. The summed E-state index contributed by atoms with van der Waals surface area (Å²) in [6.45, 7) is 3.33. The average molecular weight is 326 g/mol. The third-order valence-electron chi connectivity index (χ3n) is 3.44. The second kappa shape index (κ2) is 7.89. The highest BCUT2D eigenvalue weighted by atomic mass is 35.5. The lowest BCUT2D eigenvalue weighted by molar-refractivity contribution is 0.0959. The summed E-state index contributed by atoms with van der Waals surface area (Å²) >= 11 is 5.87. The Morgan fingerprint density at radius 3 is 2.73 bits per heavy atom. The van der Waals surface area contributed by atoms with Crippen molar-refractivity contribution in [3.8, 4) is 0 Å². The van der Waals surface area contributed by atoms with E-state index < -0.39 is 0 Å². The summed E-state index contributed by atoms with van der Waals surface area (Å²) in [5.41, 5.74) is 0.647. The number of nitrogens with zero attached hydrogens (tertiary/aromatic N) is 1. The summed E-state index contributed by atoms with van der Waals surface area (Å²) < 4.78 is 4.96. The minimum absolute atomic E-state index is 0.0462. The van der Waals surface area contributed by atoms with E-state index in [-0.39, 0.29) is 18.2 Å². The van der Waals surface area contributed by atoms with E-state index in [4.69, 9.17) is 16.3 Å². The number of likely N-dealkylation sites (tertiary alicyclic amines) is 1. The number of halogens is 1. The van der Waals surface area contributed by atoms with Crippen LogP contribution in [0.15, 0.2) is 24.3 Å². The summed E-state index contributed by atoms with van der Waals surface area (Å²) in [5, 5.41) is 6.22. The van der Waals surface area contributed by atoms with E-state index in [0.29, 0.717) is 43.2 Å². The van der Waals surface area contributed by atoms with Crippen LogP contribution >= 0.6 is 11.6 Å². The molecule has 120 valence electrons. The Morgan fingerprint density at radius 1 is 1.36 bits per heavy atom. The molecule has 1 fully saturated rings. The maximum Gasteiger partial charge on any atom is 0.409 e. The minimum Gasteiger partial charge on any atom is -0.450 e. The van der Waals surface area contributed by atoms with Crippen molar-refractivity contribution >= 4 is 29.4 Å². The number of ether oxygens (including phenoxy) is 1. The molecule has 1 aromatic carbocycles. The number of benzene rings is 1.